The zero-order chi connectivity index (χ0) is 15.2. The minimum absolute atomic E-state index is 0.154. The Labute approximate surface area is 132 Å². The summed E-state index contributed by atoms with van der Waals surface area (Å²) in [4.78, 5) is 12.0. The molecule has 0 aliphatic carbocycles. The average Bonchev–Trinajstić information content (AvgIpc) is 2.46. The zero-order valence-electron chi connectivity index (χ0n) is 11.5. The lowest BCUT2D eigenvalue weighted by molar-refractivity contribution is 0.0697. The van der Waals surface area contributed by atoms with Gasteiger partial charge in [-0.2, -0.15) is 0 Å². The summed E-state index contributed by atoms with van der Waals surface area (Å²) in [7, 11) is 0. The summed E-state index contributed by atoms with van der Waals surface area (Å²) >= 11 is 7.69. The van der Waals surface area contributed by atoms with Crippen LogP contribution in [-0.4, -0.2) is 23.4 Å². The van der Waals surface area contributed by atoms with Gasteiger partial charge in [0, 0.05) is 10.6 Å². The molecular weight excluding hydrogens is 308 g/mol. The highest BCUT2D eigenvalue weighted by Gasteiger charge is 2.07. The molecule has 0 heterocycles. The Morgan fingerprint density at radius 2 is 1.95 bits per heavy atom. The number of carboxylic acids is 1. The molecule has 2 rings (SSSR count). The van der Waals surface area contributed by atoms with Gasteiger partial charge < -0.3 is 9.84 Å². The van der Waals surface area contributed by atoms with Gasteiger partial charge in [-0.15, -0.1) is 11.8 Å². The van der Waals surface area contributed by atoms with Crippen molar-refractivity contribution in [1.29, 1.82) is 0 Å². The number of aryl methyl sites for hydroxylation is 1. The normalized spacial score (nSPS) is 10.4. The van der Waals surface area contributed by atoms with E-state index in [4.69, 9.17) is 21.4 Å². The van der Waals surface area contributed by atoms with Crippen molar-refractivity contribution in [2.24, 2.45) is 0 Å². The molecule has 0 amide bonds. The smallest absolute Gasteiger partial charge is 0.335 e. The molecule has 0 atom stereocenters. The molecule has 0 radical (unpaired) electrons. The Kier molecular flexibility index (Phi) is 5.53. The van der Waals surface area contributed by atoms with Crippen molar-refractivity contribution in [3.8, 4) is 5.75 Å². The highest BCUT2D eigenvalue weighted by molar-refractivity contribution is 7.99. The number of rotatable bonds is 6. The van der Waals surface area contributed by atoms with E-state index in [1.54, 1.807) is 17.8 Å². The summed E-state index contributed by atoms with van der Waals surface area (Å²) in [5.41, 5.74) is 1.39. The first-order valence-electron chi connectivity index (χ1n) is 6.41. The van der Waals surface area contributed by atoms with Crippen molar-refractivity contribution >= 4 is 29.3 Å². The lowest BCUT2D eigenvalue weighted by Crippen LogP contribution is -2.02. The van der Waals surface area contributed by atoms with Gasteiger partial charge in [0.15, 0.2) is 0 Å². The molecule has 2 aromatic carbocycles. The van der Waals surface area contributed by atoms with Gasteiger partial charge in [0.25, 0.3) is 0 Å². The van der Waals surface area contributed by atoms with Crippen LogP contribution in [0.25, 0.3) is 0 Å². The van der Waals surface area contributed by atoms with E-state index >= 15 is 0 Å². The topological polar surface area (TPSA) is 46.5 Å². The van der Waals surface area contributed by atoms with Gasteiger partial charge in [-0.25, -0.2) is 4.79 Å². The third-order valence-corrected chi connectivity index (χ3v) is 4.08. The van der Waals surface area contributed by atoms with E-state index in [-0.39, 0.29) is 5.56 Å². The molecule has 0 bridgehead atoms. The van der Waals surface area contributed by atoms with E-state index in [1.165, 1.54) is 22.6 Å². The van der Waals surface area contributed by atoms with Crippen LogP contribution in [0.15, 0.2) is 47.4 Å². The number of ether oxygens (including phenoxy) is 1. The molecule has 0 fully saturated rings. The second kappa shape index (κ2) is 7.38. The summed E-state index contributed by atoms with van der Waals surface area (Å²) in [6, 6.07) is 12.8. The molecule has 0 spiro atoms. The number of hydrogen-bond acceptors (Lipinski definition) is 3. The van der Waals surface area contributed by atoms with Crippen LogP contribution in [0.4, 0.5) is 0 Å². The number of carboxylic acid groups (broad SMARTS) is 1. The van der Waals surface area contributed by atoms with E-state index in [2.05, 4.69) is 31.2 Å². The van der Waals surface area contributed by atoms with Gasteiger partial charge in [-0.3, -0.25) is 0 Å². The van der Waals surface area contributed by atoms with Crippen LogP contribution in [0.1, 0.15) is 15.9 Å². The number of carbonyl (C=O) groups is 1. The van der Waals surface area contributed by atoms with E-state index < -0.39 is 5.97 Å². The second-order valence-electron chi connectivity index (χ2n) is 4.46. The minimum Gasteiger partial charge on any atom is -0.491 e. The molecular formula is C16H15ClO3S. The molecule has 5 heteroatoms. The standard InChI is InChI=1S/C16H15ClO3S/c1-11-2-5-13(6-3-11)21-9-8-20-15-7-4-12(16(18)19)10-14(15)17/h2-7,10H,8-9H2,1H3,(H,18,19). The molecule has 0 unspecified atom stereocenters. The van der Waals surface area contributed by atoms with E-state index in [1.807, 2.05) is 0 Å². The van der Waals surface area contributed by atoms with Crippen LogP contribution >= 0.6 is 23.4 Å². The first kappa shape index (κ1) is 15.7. The third kappa shape index (κ3) is 4.69. The van der Waals surface area contributed by atoms with Crippen molar-refractivity contribution < 1.29 is 14.6 Å². The van der Waals surface area contributed by atoms with E-state index in [0.717, 1.165) is 5.75 Å². The third-order valence-electron chi connectivity index (χ3n) is 2.81. The number of halogens is 1. The van der Waals surface area contributed by atoms with Gasteiger partial charge in [0.05, 0.1) is 17.2 Å². The monoisotopic (exact) mass is 322 g/mol. The van der Waals surface area contributed by atoms with Gasteiger partial charge >= 0.3 is 5.97 Å². The highest BCUT2D eigenvalue weighted by atomic mass is 35.5. The van der Waals surface area contributed by atoms with Crippen LogP contribution in [0.3, 0.4) is 0 Å². The molecule has 21 heavy (non-hydrogen) atoms. The number of hydrogen-bond donors (Lipinski definition) is 1. The predicted molar refractivity (Wildman–Crippen MR) is 85.8 cm³/mol. The Hall–Kier alpha value is -1.65. The minimum atomic E-state index is -1.00. The van der Waals surface area contributed by atoms with Gasteiger partial charge in [0.2, 0.25) is 0 Å². The summed E-state index contributed by atoms with van der Waals surface area (Å²) < 4.78 is 5.57. The Morgan fingerprint density at radius 1 is 1.24 bits per heavy atom. The predicted octanol–water partition coefficient (Wildman–Crippen LogP) is 4.52. The number of thioether (sulfide) groups is 1. The Bertz CT molecular complexity index is 626. The number of benzene rings is 2. The zero-order valence-corrected chi connectivity index (χ0v) is 13.1. The Balaban J connectivity index is 1.83. The number of aromatic carboxylic acids is 1. The van der Waals surface area contributed by atoms with E-state index in [9.17, 15) is 4.79 Å². The lowest BCUT2D eigenvalue weighted by atomic mass is 10.2. The van der Waals surface area contributed by atoms with Crippen molar-refractivity contribution in [2.45, 2.75) is 11.8 Å². The molecule has 0 aromatic heterocycles. The summed E-state index contributed by atoms with van der Waals surface area (Å²) in [6.07, 6.45) is 0. The SMILES string of the molecule is Cc1ccc(SCCOc2ccc(C(=O)O)cc2Cl)cc1. The van der Waals surface area contributed by atoms with Crippen LogP contribution in [0, 0.1) is 6.92 Å². The molecule has 0 aliphatic heterocycles. The van der Waals surface area contributed by atoms with Crippen molar-refractivity contribution in [1.82, 2.24) is 0 Å². The largest absolute Gasteiger partial charge is 0.491 e. The molecule has 0 aliphatic rings. The first-order valence-corrected chi connectivity index (χ1v) is 7.78. The van der Waals surface area contributed by atoms with Gasteiger partial charge in [-0.05, 0) is 37.3 Å². The maximum atomic E-state index is 10.8. The molecule has 110 valence electrons. The molecule has 0 saturated carbocycles. The maximum Gasteiger partial charge on any atom is 0.335 e. The molecule has 2 aromatic rings. The highest BCUT2D eigenvalue weighted by Crippen LogP contribution is 2.26. The fourth-order valence-corrected chi connectivity index (χ4v) is 2.66. The van der Waals surface area contributed by atoms with Crippen molar-refractivity contribution in [3.05, 3.63) is 58.6 Å². The van der Waals surface area contributed by atoms with E-state index in [0.29, 0.717) is 17.4 Å². The maximum absolute atomic E-state index is 10.8. The summed E-state index contributed by atoms with van der Waals surface area (Å²) in [5, 5.41) is 9.17. The fraction of sp³-hybridized carbons (Fsp3) is 0.188. The second-order valence-corrected chi connectivity index (χ2v) is 6.04. The van der Waals surface area contributed by atoms with Crippen LogP contribution in [-0.2, 0) is 0 Å². The Morgan fingerprint density at radius 3 is 2.57 bits per heavy atom. The first-order chi connectivity index (χ1) is 10.1. The van der Waals surface area contributed by atoms with Crippen LogP contribution < -0.4 is 4.74 Å². The van der Waals surface area contributed by atoms with Gasteiger partial charge in [0.1, 0.15) is 5.75 Å². The fourth-order valence-electron chi connectivity index (χ4n) is 1.70. The van der Waals surface area contributed by atoms with Gasteiger partial charge in [-0.1, -0.05) is 29.3 Å². The average molecular weight is 323 g/mol. The van der Waals surface area contributed by atoms with Crippen molar-refractivity contribution in [3.63, 3.8) is 0 Å². The molecule has 1 N–H and O–H groups in total. The molecule has 3 nitrogen and oxygen atoms in total. The van der Waals surface area contributed by atoms with Crippen LogP contribution in [0.5, 0.6) is 5.75 Å². The lowest BCUT2D eigenvalue weighted by Gasteiger charge is -2.08. The van der Waals surface area contributed by atoms with Crippen molar-refractivity contribution in [2.75, 3.05) is 12.4 Å². The quantitative estimate of drug-likeness (QED) is 0.627. The van der Waals surface area contributed by atoms with Crippen LogP contribution in [0.2, 0.25) is 5.02 Å². The molecule has 0 saturated heterocycles. The summed E-state index contributed by atoms with van der Waals surface area (Å²) in [5.74, 6) is 0.296. The summed E-state index contributed by atoms with van der Waals surface area (Å²) in [6.45, 7) is 2.56.